The highest BCUT2D eigenvalue weighted by molar-refractivity contribution is 9.10. The standard InChI is InChI=1S/C16H16BrF2N/c1-10-3-5-14(17)13(7-10)16(20-2)9-11-8-12(18)4-6-15(11)19/h3-8,16,20H,9H2,1-2H3. The Morgan fingerprint density at radius 1 is 1.15 bits per heavy atom. The van der Waals surface area contributed by atoms with E-state index >= 15 is 0 Å². The first-order valence-corrected chi connectivity index (χ1v) is 7.18. The van der Waals surface area contributed by atoms with Gasteiger partial charge >= 0.3 is 0 Å². The molecule has 0 heterocycles. The maximum Gasteiger partial charge on any atom is 0.126 e. The van der Waals surface area contributed by atoms with Gasteiger partial charge in [-0.25, -0.2) is 8.78 Å². The molecule has 1 atom stereocenters. The first kappa shape index (κ1) is 15.1. The molecule has 0 saturated heterocycles. The van der Waals surface area contributed by atoms with E-state index in [2.05, 4.69) is 21.2 Å². The molecule has 1 N–H and O–H groups in total. The van der Waals surface area contributed by atoms with Gasteiger partial charge in [0.05, 0.1) is 0 Å². The van der Waals surface area contributed by atoms with E-state index in [0.717, 1.165) is 21.7 Å². The van der Waals surface area contributed by atoms with Crippen molar-refractivity contribution < 1.29 is 8.78 Å². The van der Waals surface area contributed by atoms with Crippen molar-refractivity contribution in [3.8, 4) is 0 Å². The van der Waals surface area contributed by atoms with Crippen molar-refractivity contribution in [2.75, 3.05) is 7.05 Å². The number of halogens is 3. The zero-order valence-corrected chi connectivity index (χ0v) is 13.0. The summed E-state index contributed by atoms with van der Waals surface area (Å²) < 4.78 is 28.0. The summed E-state index contributed by atoms with van der Waals surface area (Å²) in [5, 5.41) is 3.16. The van der Waals surface area contributed by atoms with Gasteiger partial charge in [0.15, 0.2) is 0 Å². The molecular weight excluding hydrogens is 324 g/mol. The molecule has 0 saturated carbocycles. The van der Waals surface area contributed by atoms with Crippen LogP contribution in [0.4, 0.5) is 8.78 Å². The Balaban J connectivity index is 2.33. The maximum absolute atomic E-state index is 13.8. The molecule has 0 fully saturated rings. The quantitative estimate of drug-likeness (QED) is 0.862. The van der Waals surface area contributed by atoms with Gasteiger partial charge in [0.2, 0.25) is 0 Å². The van der Waals surface area contributed by atoms with Crippen LogP contribution in [-0.4, -0.2) is 7.05 Å². The second kappa shape index (κ2) is 6.46. The molecule has 2 rings (SSSR count). The molecule has 0 aliphatic heterocycles. The first-order chi connectivity index (χ1) is 9.51. The molecule has 0 aliphatic rings. The third kappa shape index (κ3) is 3.44. The Morgan fingerprint density at radius 2 is 1.90 bits per heavy atom. The lowest BCUT2D eigenvalue weighted by atomic mass is 9.97. The van der Waals surface area contributed by atoms with Crippen LogP contribution in [0.3, 0.4) is 0 Å². The minimum Gasteiger partial charge on any atom is -0.313 e. The summed E-state index contributed by atoms with van der Waals surface area (Å²) in [6.07, 6.45) is 0.391. The van der Waals surface area contributed by atoms with Gasteiger partial charge in [0, 0.05) is 10.5 Å². The Hall–Kier alpha value is -1.26. The smallest absolute Gasteiger partial charge is 0.126 e. The number of nitrogens with one attached hydrogen (secondary N) is 1. The lowest BCUT2D eigenvalue weighted by molar-refractivity contribution is 0.542. The van der Waals surface area contributed by atoms with E-state index < -0.39 is 5.82 Å². The topological polar surface area (TPSA) is 12.0 Å². The number of hydrogen-bond donors (Lipinski definition) is 1. The van der Waals surface area contributed by atoms with Crippen LogP contribution < -0.4 is 5.32 Å². The summed E-state index contributed by atoms with van der Waals surface area (Å²) >= 11 is 3.51. The monoisotopic (exact) mass is 339 g/mol. The third-order valence-electron chi connectivity index (χ3n) is 3.31. The second-order valence-electron chi connectivity index (χ2n) is 4.81. The normalized spacial score (nSPS) is 12.4. The van der Waals surface area contributed by atoms with Crippen LogP contribution in [0.15, 0.2) is 40.9 Å². The maximum atomic E-state index is 13.8. The van der Waals surface area contributed by atoms with Crippen LogP contribution in [0.1, 0.15) is 22.7 Å². The van der Waals surface area contributed by atoms with Gasteiger partial charge in [0.25, 0.3) is 0 Å². The van der Waals surface area contributed by atoms with E-state index in [4.69, 9.17) is 0 Å². The first-order valence-electron chi connectivity index (χ1n) is 6.38. The van der Waals surface area contributed by atoms with Crippen LogP contribution in [-0.2, 0) is 6.42 Å². The Labute approximate surface area is 126 Å². The van der Waals surface area contributed by atoms with Crippen molar-refractivity contribution in [3.05, 3.63) is 69.2 Å². The zero-order valence-electron chi connectivity index (χ0n) is 11.4. The molecule has 1 nitrogen and oxygen atoms in total. The largest absolute Gasteiger partial charge is 0.313 e. The molecule has 0 amide bonds. The van der Waals surface area contributed by atoms with E-state index in [9.17, 15) is 8.78 Å². The lowest BCUT2D eigenvalue weighted by Crippen LogP contribution is -2.20. The molecule has 2 aromatic carbocycles. The predicted octanol–water partition coefficient (Wildman–Crippen LogP) is 4.54. The van der Waals surface area contributed by atoms with Crippen molar-refractivity contribution in [3.63, 3.8) is 0 Å². The zero-order chi connectivity index (χ0) is 14.7. The van der Waals surface area contributed by atoms with E-state index in [0.29, 0.717) is 12.0 Å². The highest BCUT2D eigenvalue weighted by atomic mass is 79.9. The number of likely N-dealkylation sites (N-methyl/N-ethyl adjacent to an activating group) is 1. The summed E-state index contributed by atoms with van der Waals surface area (Å²) in [7, 11) is 1.82. The van der Waals surface area contributed by atoms with E-state index in [1.165, 1.54) is 12.1 Å². The van der Waals surface area contributed by atoms with Crippen LogP contribution in [0.2, 0.25) is 0 Å². The molecule has 0 spiro atoms. The van der Waals surface area contributed by atoms with Gasteiger partial charge < -0.3 is 5.32 Å². The van der Waals surface area contributed by atoms with Crippen molar-refractivity contribution in [1.29, 1.82) is 0 Å². The van der Waals surface area contributed by atoms with Crippen LogP contribution in [0.25, 0.3) is 0 Å². The van der Waals surface area contributed by atoms with Gasteiger partial charge in [-0.05, 0) is 55.8 Å². The fourth-order valence-electron chi connectivity index (χ4n) is 2.22. The van der Waals surface area contributed by atoms with Gasteiger partial charge in [-0.2, -0.15) is 0 Å². The Morgan fingerprint density at radius 3 is 2.60 bits per heavy atom. The number of rotatable bonds is 4. The SMILES string of the molecule is CNC(Cc1cc(F)ccc1F)c1cc(C)ccc1Br. The summed E-state index contributed by atoms with van der Waals surface area (Å²) in [5.74, 6) is -0.796. The summed E-state index contributed by atoms with van der Waals surface area (Å²) in [6, 6.07) is 9.49. The fraction of sp³-hybridized carbons (Fsp3) is 0.250. The average molecular weight is 340 g/mol. The van der Waals surface area contributed by atoms with Crippen molar-refractivity contribution in [1.82, 2.24) is 5.32 Å². The summed E-state index contributed by atoms with van der Waals surface area (Å²) in [4.78, 5) is 0. The molecule has 20 heavy (non-hydrogen) atoms. The van der Waals surface area contributed by atoms with Gasteiger partial charge in [-0.1, -0.05) is 33.6 Å². The van der Waals surface area contributed by atoms with E-state index in [1.54, 1.807) is 0 Å². The molecule has 106 valence electrons. The highest BCUT2D eigenvalue weighted by Gasteiger charge is 2.16. The highest BCUT2D eigenvalue weighted by Crippen LogP contribution is 2.28. The molecule has 0 radical (unpaired) electrons. The number of benzene rings is 2. The molecule has 0 aromatic heterocycles. The second-order valence-corrected chi connectivity index (χ2v) is 5.66. The molecule has 0 bridgehead atoms. The molecule has 4 heteroatoms. The summed E-state index contributed by atoms with van der Waals surface area (Å²) in [6.45, 7) is 2.01. The Kier molecular flexibility index (Phi) is 4.89. The van der Waals surface area contributed by atoms with Crippen LogP contribution in [0.5, 0.6) is 0 Å². The van der Waals surface area contributed by atoms with Crippen molar-refractivity contribution in [2.24, 2.45) is 0 Å². The van der Waals surface area contributed by atoms with Crippen molar-refractivity contribution in [2.45, 2.75) is 19.4 Å². The van der Waals surface area contributed by atoms with Gasteiger partial charge in [0.1, 0.15) is 11.6 Å². The summed E-state index contributed by atoms with van der Waals surface area (Å²) in [5.41, 5.74) is 2.54. The van der Waals surface area contributed by atoms with Gasteiger partial charge in [-0.3, -0.25) is 0 Å². The average Bonchev–Trinajstić information content (AvgIpc) is 2.42. The van der Waals surface area contributed by atoms with E-state index in [-0.39, 0.29) is 11.9 Å². The van der Waals surface area contributed by atoms with Crippen LogP contribution in [0, 0.1) is 18.6 Å². The molecule has 0 aliphatic carbocycles. The Bertz CT molecular complexity index is 613. The molecular formula is C16H16BrF2N. The predicted molar refractivity (Wildman–Crippen MR) is 80.7 cm³/mol. The van der Waals surface area contributed by atoms with Crippen molar-refractivity contribution >= 4 is 15.9 Å². The van der Waals surface area contributed by atoms with E-state index in [1.807, 2.05) is 32.2 Å². The molecule has 2 aromatic rings. The third-order valence-corrected chi connectivity index (χ3v) is 4.03. The minimum absolute atomic E-state index is 0.0828. The lowest BCUT2D eigenvalue weighted by Gasteiger charge is -2.19. The minimum atomic E-state index is -0.417. The number of aryl methyl sites for hydroxylation is 1. The van der Waals surface area contributed by atoms with Crippen LogP contribution >= 0.6 is 15.9 Å². The molecule has 1 unspecified atom stereocenters. The number of hydrogen-bond acceptors (Lipinski definition) is 1. The fourth-order valence-corrected chi connectivity index (χ4v) is 2.74. The van der Waals surface area contributed by atoms with Gasteiger partial charge in [-0.15, -0.1) is 0 Å².